The molecule has 1 aliphatic carbocycles. The van der Waals surface area contributed by atoms with Crippen molar-refractivity contribution in [3.05, 3.63) is 0 Å². The number of ether oxygens (including phenoxy) is 1. The summed E-state index contributed by atoms with van der Waals surface area (Å²) in [6.07, 6.45) is 4.02. The van der Waals surface area contributed by atoms with Crippen LogP contribution in [-0.2, 0) is 9.16 Å². The van der Waals surface area contributed by atoms with Crippen LogP contribution >= 0.6 is 0 Å². The summed E-state index contributed by atoms with van der Waals surface area (Å²) in [4.78, 5) is 0. The van der Waals surface area contributed by atoms with Gasteiger partial charge in [-0.1, -0.05) is 52.9 Å². The molecule has 1 saturated heterocycles. The minimum absolute atomic E-state index is 0.0226. The molecule has 0 aromatic heterocycles. The van der Waals surface area contributed by atoms with E-state index in [0.717, 1.165) is 19.3 Å². The first-order valence-electron chi connectivity index (χ1n) is 9.31. The Morgan fingerprint density at radius 2 is 1.71 bits per heavy atom. The van der Waals surface area contributed by atoms with E-state index >= 15 is 0 Å². The minimum atomic E-state index is -1.76. The van der Waals surface area contributed by atoms with Crippen molar-refractivity contribution in [2.45, 2.75) is 103 Å². The van der Waals surface area contributed by atoms with Gasteiger partial charge in [0.2, 0.25) is 0 Å². The highest BCUT2D eigenvalue weighted by Crippen LogP contribution is 2.45. The van der Waals surface area contributed by atoms with E-state index in [1.807, 2.05) is 6.92 Å². The van der Waals surface area contributed by atoms with E-state index in [0.29, 0.717) is 6.61 Å². The second-order valence-electron chi connectivity index (χ2n) is 9.99. The van der Waals surface area contributed by atoms with Crippen molar-refractivity contribution in [2.75, 3.05) is 6.61 Å². The molecular weight excluding hydrogens is 316 g/mol. The SMILES string of the molecule is CC1(C)CCCCC1(O)C#C[C@@]1(C)O[C@H]1CO[Si](C)(C)C(C)(C)C. The molecule has 2 fully saturated rings. The average Bonchev–Trinajstić information content (AvgIpc) is 3.08. The molecule has 0 aromatic carbocycles. The van der Waals surface area contributed by atoms with Crippen LogP contribution in [0.2, 0.25) is 18.1 Å². The van der Waals surface area contributed by atoms with E-state index in [-0.39, 0.29) is 16.6 Å². The Kier molecular flexibility index (Phi) is 5.10. The molecule has 1 aliphatic heterocycles. The van der Waals surface area contributed by atoms with Crippen LogP contribution in [0.1, 0.15) is 67.2 Å². The molecule has 0 aromatic rings. The van der Waals surface area contributed by atoms with Gasteiger partial charge < -0.3 is 14.3 Å². The van der Waals surface area contributed by atoms with Crippen LogP contribution in [0.25, 0.3) is 0 Å². The van der Waals surface area contributed by atoms with Crippen molar-refractivity contribution < 1.29 is 14.3 Å². The van der Waals surface area contributed by atoms with E-state index in [4.69, 9.17) is 9.16 Å². The van der Waals surface area contributed by atoms with Crippen molar-refractivity contribution >= 4 is 8.32 Å². The number of epoxide rings is 1. The third-order valence-electron chi connectivity index (χ3n) is 6.57. The van der Waals surface area contributed by atoms with Gasteiger partial charge in [0.05, 0.1) is 6.61 Å². The maximum Gasteiger partial charge on any atom is 0.192 e. The number of hydrogen-bond acceptors (Lipinski definition) is 3. The predicted molar refractivity (Wildman–Crippen MR) is 101 cm³/mol. The second-order valence-corrected chi connectivity index (χ2v) is 14.8. The van der Waals surface area contributed by atoms with Gasteiger partial charge in [0.15, 0.2) is 13.9 Å². The van der Waals surface area contributed by atoms with Crippen LogP contribution in [-0.4, -0.2) is 37.3 Å². The Morgan fingerprint density at radius 1 is 1.12 bits per heavy atom. The van der Waals surface area contributed by atoms with Crippen molar-refractivity contribution in [2.24, 2.45) is 5.41 Å². The fourth-order valence-corrected chi connectivity index (χ4v) is 4.02. The van der Waals surface area contributed by atoms with Crippen LogP contribution < -0.4 is 0 Å². The molecule has 3 nitrogen and oxygen atoms in total. The van der Waals surface area contributed by atoms with Gasteiger partial charge in [-0.15, -0.1) is 0 Å². The molecule has 138 valence electrons. The van der Waals surface area contributed by atoms with E-state index in [2.05, 4.69) is 59.6 Å². The quantitative estimate of drug-likeness (QED) is 0.462. The zero-order valence-electron chi connectivity index (χ0n) is 16.9. The second kappa shape index (κ2) is 6.12. The Hall–Kier alpha value is -0.343. The highest BCUT2D eigenvalue weighted by Gasteiger charge is 2.53. The summed E-state index contributed by atoms with van der Waals surface area (Å²) in [5, 5.41) is 11.2. The molecule has 24 heavy (non-hydrogen) atoms. The molecule has 1 saturated carbocycles. The van der Waals surface area contributed by atoms with E-state index in [1.165, 1.54) is 6.42 Å². The molecule has 0 bridgehead atoms. The van der Waals surface area contributed by atoms with Gasteiger partial charge in [0.25, 0.3) is 0 Å². The Balaban J connectivity index is 1.99. The summed E-state index contributed by atoms with van der Waals surface area (Å²) >= 11 is 0. The Morgan fingerprint density at radius 3 is 2.25 bits per heavy atom. The summed E-state index contributed by atoms with van der Waals surface area (Å²) in [7, 11) is -1.76. The molecule has 0 amide bonds. The van der Waals surface area contributed by atoms with Crippen LogP contribution in [0.15, 0.2) is 0 Å². The highest BCUT2D eigenvalue weighted by atomic mass is 28.4. The number of hydrogen-bond donors (Lipinski definition) is 1. The van der Waals surface area contributed by atoms with Crippen LogP contribution in [0.3, 0.4) is 0 Å². The van der Waals surface area contributed by atoms with Crippen LogP contribution in [0.4, 0.5) is 0 Å². The molecule has 0 spiro atoms. The van der Waals surface area contributed by atoms with Crippen LogP contribution in [0.5, 0.6) is 0 Å². The number of aliphatic hydroxyl groups is 1. The van der Waals surface area contributed by atoms with Crippen molar-refractivity contribution in [3.63, 3.8) is 0 Å². The van der Waals surface area contributed by atoms with Gasteiger partial charge in [0, 0.05) is 5.41 Å². The first kappa shape index (κ1) is 20.0. The molecule has 0 radical (unpaired) electrons. The first-order valence-corrected chi connectivity index (χ1v) is 12.2. The standard InChI is InChI=1S/C20H36O3Si/c1-17(2,3)24(7,8)22-15-16-19(6,23-16)13-14-20(21)12-10-9-11-18(20,4)5/h16,21H,9-12,15H2,1-8H3/t16-,19+,20?/m0/s1. The minimum Gasteiger partial charge on any atom is -0.414 e. The largest absolute Gasteiger partial charge is 0.414 e. The molecule has 1 heterocycles. The molecule has 1 N–H and O–H groups in total. The lowest BCUT2D eigenvalue weighted by atomic mass is 9.65. The fourth-order valence-electron chi connectivity index (χ4n) is 3.02. The average molecular weight is 353 g/mol. The molecular formula is C20H36O3Si. The maximum absolute atomic E-state index is 11.0. The zero-order chi connectivity index (χ0) is 18.4. The van der Waals surface area contributed by atoms with Gasteiger partial charge in [-0.2, -0.15) is 0 Å². The zero-order valence-corrected chi connectivity index (χ0v) is 17.9. The van der Waals surface area contributed by atoms with Gasteiger partial charge >= 0.3 is 0 Å². The van der Waals surface area contributed by atoms with Crippen molar-refractivity contribution in [1.29, 1.82) is 0 Å². The topological polar surface area (TPSA) is 42.0 Å². The van der Waals surface area contributed by atoms with E-state index < -0.39 is 19.5 Å². The number of rotatable bonds is 3. The van der Waals surface area contributed by atoms with Gasteiger partial charge in [0.1, 0.15) is 11.7 Å². The Bertz CT molecular complexity index is 537. The van der Waals surface area contributed by atoms with E-state index in [1.54, 1.807) is 0 Å². The lowest BCUT2D eigenvalue weighted by Gasteiger charge is -2.43. The first-order chi connectivity index (χ1) is 10.7. The summed E-state index contributed by atoms with van der Waals surface area (Å²) < 4.78 is 12.1. The summed E-state index contributed by atoms with van der Waals surface area (Å²) in [5.74, 6) is 6.42. The molecule has 4 heteroatoms. The Labute approximate surface area is 149 Å². The maximum atomic E-state index is 11.0. The lowest BCUT2D eigenvalue weighted by molar-refractivity contribution is -0.0482. The van der Waals surface area contributed by atoms with Gasteiger partial charge in [-0.3, -0.25) is 0 Å². The van der Waals surface area contributed by atoms with Gasteiger partial charge in [-0.05, 0) is 44.3 Å². The smallest absolute Gasteiger partial charge is 0.192 e. The molecule has 2 aliphatic rings. The normalized spacial score (nSPS) is 36.0. The molecule has 2 rings (SSSR count). The predicted octanol–water partition coefficient (Wildman–Crippen LogP) is 4.50. The van der Waals surface area contributed by atoms with Crippen molar-refractivity contribution in [1.82, 2.24) is 0 Å². The third-order valence-corrected chi connectivity index (χ3v) is 11.1. The molecule has 3 atom stereocenters. The van der Waals surface area contributed by atoms with E-state index in [9.17, 15) is 5.11 Å². The highest BCUT2D eigenvalue weighted by molar-refractivity contribution is 6.74. The monoisotopic (exact) mass is 352 g/mol. The molecule has 1 unspecified atom stereocenters. The summed E-state index contributed by atoms with van der Waals surface area (Å²) in [5.41, 5.74) is -1.52. The summed E-state index contributed by atoms with van der Waals surface area (Å²) in [6, 6.07) is 0. The lowest BCUT2D eigenvalue weighted by Crippen LogP contribution is -2.46. The van der Waals surface area contributed by atoms with Crippen molar-refractivity contribution in [3.8, 4) is 11.8 Å². The summed E-state index contributed by atoms with van der Waals surface area (Å²) in [6.45, 7) is 18.1. The third kappa shape index (κ3) is 3.90. The van der Waals surface area contributed by atoms with Crippen LogP contribution in [0, 0.1) is 17.3 Å². The fraction of sp³-hybridized carbons (Fsp3) is 0.900. The van der Waals surface area contributed by atoms with Gasteiger partial charge in [-0.25, -0.2) is 0 Å².